The van der Waals surface area contributed by atoms with Gasteiger partial charge in [0.1, 0.15) is 5.65 Å². The highest BCUT2D eigenvalue weighted by Crippen LogP contribution is 2.28. The summed E-state index contributed by atoms with van der Waals surface area (Å²) in [6, 6.07) is 3.81. The lowest BCUT2D eigenvalue weighted by molar-refractivity contribution is 0.568. The molecule has 3 aromatic heterocycles. The maximum atomic E-state index is 5.71. The van der Waals surface area contributed by atoms with Crippen LogP contribution in [0.4, 0.5) is 5.69 Å². The van der Waals surface area contributed by atoms with Gasteiger partial charge in [-0.25, -0.2) is 4.98 Å². The van der Waals surface area contributed by atoms with E-state index < -0.39 is 0 Å². The topological polar surface area (TPSA) is 67.8 Å². The second kappa shape index (κ2) is 2.88. The molecule has 15 heavy (non-hydrogen) atoms. The van der Waals surface area contributed by atoms with Gasteiger partial charge in [0.15, 0.2) is 0 Å². The first-order chi connectivity index (χ1) is 7.34. The van der Waals surface area contributed by atoms with Gasteiger partial charge in [0.2, 0.25) is 0 Å². The fourth-order valence-corrected chi connectivity index (χ4v) is 1.68. The zero-order valence-corrected chi connectivity index (χ0v) is 7.90. The minimum Gasteiger partial charge on any atom is -0.472 e. The van der Waals surface area contributed by atoms with Gasteiger partial charge < -0.3 is 15.1 Å². The number of hydrogen-bond donors (Lipinski definition) is 2. The third-order valence-corrected chi connectivity index (χ3v) is 2.38. The van der Waals surface area contributed by atoms with Crippen molar-refractivity contribution < 1.29 is 4.42 Å². The van der Waals surface area contributed by atoms with Crippen molar-refractivity contribution in [2.75, 3.05) is 5.73 Å². The number of furan rings is 1. The second-order valence-corrected chi connectivity index (χ2v) is 3.38. The number of H-pyrrole nitrogens is 1. The van der Waals surface area contributed by atoms with E-state index in [1.807, 2.05) is 18.3 Å². The molecule has 0 spiro atoms. The van der Waals surface area contributed by atoms with Crippen LogP contribution in [0.15, 0.2) is 41.5 Å². The predicted octanol–water partition coefficient (Wildman–Crippen LogP) is 2.41. The maximum Gasteiger partial charge on any atom is 0.138 e. The van der Waals surface area contributed by atoms with Gasteiger partial charge in [-0.05, 0) is 12.1 Å². The third-order valence-electron chi connectivity index (χ3n) is 2.38. The van der Waals surface area contributed by atoms with Crippen LogP contribution < -0.4 is 5.73 Å². The molecule has 0 saturated heterocycles. The smallest absolute Gasteiger partial charge is 0.138 e. The Labute approximate surface area is 85.7 Å². The molecule has 3 aromatic rings. The number of fused-ring (bicyclic) bond motifs is 1. The highest BCUT2D eigenvalue weighted by Gasteiger charge is 2.07. The molecular formula is C11H9N3O. The van der Waals surface area contributed by atoms with Gasteiger partial charge in [0, 0.05) is 22.7 Å². The predicted molar refractivity (Wildman–Crippen MR) is 58.2 cm³/mol. The number of aromatic amines is 1. The molecule has 4 nitrogen and oxygen atoms in total. The molecule has 0 fully saturated rings. The van der Waals surface area contributed by atoms with Crippen molar-refractivity contribution in [3.8, 4) is 11.1 Å². The van der Waals surface area contributed by atoms with Crippen molar-refractivity contribution in [2.24, 2.45) is 0 Å². The van der Waals surface area contributed by atoms with Crippen molar-refractivity contribution in [1.82, 2.24) is 9.97 Å². The number of hydrogen-bond acceptors (Lipinski definition) is 3. The van der Waals surface area contributed by atoms with Crippen LogP contribution in [-0.2, 0) is 0 Å². The SMILES string of the molecule is Nc1cnc2[nH]cc(-c3ccoc3)c2c1. The van der Waals surface area contributed by atoms with Crippen LogP contribution in [-0.4, -0.2) is 9.97 Å². The Bertz CT molecular complexity index is 595. The molecule has 0 aliphatic heterocycles. The summed E-state index contributed by atoms with van der Waals surface area (Å²) in [4.78, 5) is 7.30. The minimum absolute atomic E-state index is 0.659. The van der Waals surface area contributed by atoms with Crippen LogP contribution in [0.5, 0.6) is 0 Å². The summed E-state index contributed by atoms with van der Waals surface area (Å²) in [5.74, 6) is 0. The van der Waals surface area contributed by atoms with Crippen molar-refractivity contribution in [2.45, 2.75) is 0 Å². The summed E-state index contributed by atoms with van der Waals surface area (Å²) < 4.78 is 5.05. The zero-order valence-electron chi connectivity index (χ0n) is 7.90. The van der Waals surface area contributed by atoms with Crippen LogP contribution in [0.2, 0.25) is 0 Å². The summed E-state index contributed by atoms with van der Waals surface area (Å²) in [7, 11) is 0. The normalized spacial score (nSPS) is 10.9. The van der Waals surface area contributed by atoms with Gasteiger partial charge in [-0.15, -0.1) is 0 Å². The van der Waals surface area contributed by atoms with Crippen LogP contribution in [0.25, 0.3) is 22.2 Å². The van der Waals surface area contributed by atoms with Crippen molar-refractivity contribution in [1.29, 1.82) is 0 Å². The molecule has 0 aliphatic carbocycles. The first-order valence-electron chi connectivity index (χ1n) is 4.60. The number of nitrogens with one attached hydrogen (secondary N) is 1. The Balaban J connectivity index is 2.32. The lowest BCUT2D eigenvalue weighted by Crippen LogP contribution is -1.85. The molecule has 0 amide bonds. The van der Waals surface area contributed by atoms with Gasteiger partial charge >= 0.3 is 0 Å². The fraction of sp³-hybridized carbons (Fsp3) is 0. The summed E-state index contributed by atoms with van der Waals surface area (Å²) >= 11 is 0. The van der Waals surface area contributed by atoms with E-state index in [9.17, 15) is 0 Å². The Morgan fingerprint density at radius 3 is 3.13 bits per heavy atom. The van der Waals surface area contributed by atoms with Gasteiger partial charge in [-0.1, -0.05) is 0 Å². The lowest BCUT2D eigenvalue weighted by atomic mass is 10.1. The van der Waals surface area contributed by atoms with E-state index in [1.165, 1.54) is 0 Å². The molecule has 0 radical (unpaired) electrons. The third kappa shape index (κ3) is 1.19. The Morgan fingerprint density at radius 2 is 2.33 bits per heavy atom. The van der Waals surface area contributed by atoms with Crippen molar-refractivity contribution >= 4 is 16.7 Å². The molecule has 3 N–H and O–H groups in total. The number of nitrogen functional groups attached to an aromatic ring is 1. The molecule has 74 valence electrons. The molecule has 0 aromatic carbocycles. The van der Waals surface area contributed by atoms with E-state index in [-0.39, 0.29) is 0 Å². The summed E-state index contributed by atoms with van der Waals surface area (Å²) in [6.07, 6.45) is 6.89. The number of nitrogens with zero attached hydrogens (tertiary/aromatic N) is 1. The molecule has 0 unspecified atom stereocenters. The molecular weight excluding hydrogens is 190 g/mol. The van der Waals surface area contributed by atoms with E-state index in [2.05, 4.69) is 9.97 Å². The first-order valence-corrected chi connectivity index (χ1v) is 4.60. The summed E-state index contributed by atoms with van der Waals surface area (Å²) in [6.45, 7) is 0. The fourth-order valence-electron chi connectivity index (χ4n) is 1.68. The number of rotatable bonds is 1. The van der Waals surface area contributed by atoms with E-state index in [1.54, 1.807) is 18.7 Å². The number of pyridine rings is 1. The van der Waals surface area contributed by atoms with Crippen molar-refractivity contribution in [3.05, 3.63) is 37.1 Å². The molecule has 4 heteroatoms. The number of anilines is 1. The molecule has 0 atom stereocenters. The van der Waals surface area contributed by atoms with Crippen LogP contribution in [0.1, 0.15) is 0 Å². The molecule has 3 heterocycles. The Hall–Kier alpha value is -2.23. The van der Waals surface area contributed by atoms with E-state index in [0.717, 1.165) is 22.2 Å². The molecule has 0 bridgehead atoms. The quantitative estimate of drug-likeness (QED) is 0.632. The second-order valence-electron chi connectivity index (χ2n) is 3.38. The summed E-state index contributed by atoms with van der Waals surface area (Å²) in [5, 5.41) is 1.01. The molecule has 0 saturated carbocycles. The highest BCUT2D eigenvalue weighted by molar-refractivity contribution is 5.94. The Kier molecular flexibility index (Phi) is 1.56. The lowest BCUT2D eigenvalue weighted by Gasteiger charge is -1.95. The number of aromatic nitrogens is 2. The van der Waals surface area contributed by atoms with Gasteiger partial charge in [0.05, 0.1) is 24.4 Å². The van der Waals surface area contributed by atoms with Gasteiger partial charge in [-0.3, -0.25) is 0 Å². The van der Waals surface area contributed by atoms with Crippen LogP contribution in [0, 0.1) is 0 Å². The van der Waals surface area contributed by atoms with Gasteiger partial charge in [0.25, 0.3) is 0 Å². The monoisotopic (exact) mass is 199 g/mol. The van der Waals surface area contributed by atoms with Crippen LogP contribution in [0.3, 0.4) is 0 Å². The number of nitrogens with two attached hydrogens (primary N) is 1. The van der Waals surface area contributed by atoms with Gasteiger partial charge in [-0.2, -0.15) is 0 Å². The summed E-state index contributed by atoms with van der Waals surface area (Å²) in [5.41, 5.74) is 9.27. The standard InChI is InChI=1S/C11H9N3O/c12-8-3-9-10(7-1-2-15-6-7)5-14-11(9)13-4-8/h1-6H,12H2,(H,13,14). The average Bonchev–Trinajstić information content (AvgIpc) is 2.83. The highest BCUT2D eigenvalue weighted by atomic mass is 16.3. The van der Waals surface area contributed by atoms with Crippen molar-refractivity contribution in [3.63, 3.8) is 0 Å². The largest absolute Gasteiger partial charge is 0.472 e. The first kappa shape index (κ1) is 8.11. The van der Waals surface area contributed by atoms with Crippen LogP contribution >= 0.6 is 0 Å². The zero-order chi connectivity index (χ0) is 10.3. The van der Waals surface area contributed by atoms with E-state index >= 15 is 0 Å². The maximum absolute atomic E-state index is 5.71. The molecule has 0 aliphatic rings. The Morgan fingerprint density at radius 1 is 1.40 bits per heavy atom. The van der Waals surface area contributed by atoms with E-state index in [0.29, 0.717) is 5.69 Å². The molecule has 3 rings (SSSR count). The minimum atomic E-state index is 0.659. The average molecular weight is 199 g/mol. The van der Waals surface area contributed by atoms with E-state index in [4.69, 9.17) is 10.2 Å².